The fraction of sp³-hybridized carbons (Fsp3) is 0.150. The van der Waals surface area contributed by atoms with E-state index in [1.807, 2.05) is 0 Å². The Bertz CT molecular complexity index is 1280. The van der Waals surface area contributed by atoms with Crippen LogP contribution in [0.15, 0.2) is 47.3 Å². The summed E-state index contributed by atoms with van der Waals surface area (Å²) in [6.45, 7) is 1.76. The molecule has 164 valence electrons. The summed E-state index contributed by atoms with van der Waals surface area (Å²) in [6.07, 6.45) is 0.915. The molecule has 32 heavy (non-hydrogen) atoms. The van der Waals surface area contributed by atoms with E-state index in [1.165, 1.54) is 48.5 Å². The number of oxazole rings is 1. The molecule has 2 N–H and O–H groups in total. The molecule has 0 aliphatic heterocycles. The normalized spacial score (nSPS) is 11.0. The summed E-state index contributed by atoms with van der Waals surface area (Å²) < 4.78 is 38.2. The smallest absolute Gasteiger partial charge is 0.337 e. The molecular weight excluding hydrogens is 426 g/mol. The lowest BCUT2D eigenvalue weighted by Gasteiger charge is -2.03. The van der Waals surface area contributed by atoms with Gasteiger partial charge in [-0.2, -0.15) is 10.2 Å². The van der Waals surface area contributed by atoms with Gasteiger partial charge >= 0.3 is 5.97 Å². The van der Waals surface area contributed by atoms with E-state index in [-0.39, 0.29) is 17.3 Å². The molecular formula is C20H16F2N6O4. The van der Waals surface area contributed by atoms with Crippen LogP contribution in [0.3, 0.4) is 0 Å². The lowest BCUT2D eigenvalue weighted by atomic mass is 10.2. The molecule has 0 fully saturated rings. The first-order valence-corrected chi connectivity index (χ1v) is 9.21. The van der Waals surface area contributed by atoms with E-state index in [0.717, 1.165) is 6.26 Å². The van der Waals surface area contributed by atoms with Crippen molar-refractivity contribution in [3.63, 3.8) is 0 Å². The number of esters is 1. The molecule has 0 unspecified atom stereocenters. The van der Waals surface area contributed by atoms with Gasteiger partial charge in [-0.3, -0.25) is 9.89 Å². The molecule has 4 rings (SSSR count). The van der Waals surface area contributed by atoms with E-state index in [2.05, 4.69) is 30.3 Å². The highest BCUT2D eigenvalue weighted by Gasteiger charge is 2.23. The maximum Gasteiger partial charge on any atom is 0.337 e. The molecule has 3 heterocycles. The highest BCUT2D eigenvalue weighted by atomic mass is 19.3. The number of carbonyl (C=O) groups excluding carboxylic acids is 2. The number of nitrogens with zero attached hydrogens (tertiary/aromatic N) is 4. The lowest BCUT2D eigenvalue weighted by molar-refractivity contribution is 0.0600. The number of ether oxygens (including phenoxy) is 1. The fourth-order valence-electron chi connectivity index (χ4n) is 2.90. The Morgan fingerprint density at radius 1 is 1.25 bits per heavy atom. The minimum atomic E-state index is -2.94. The molecule has 0 aliphatic rings. The van der Waals surface area contributed by atoms with Crippen LogP contribution < -0.4 is 5.32 Å². The summed E-state index contributed by atoms with van der Waals surface area (Å²) in [6, 6.07) is 5.96. The second-order valence-corrected chi connectivity index (χ2v) is 6.61. The maximum atomic E-state index is 13.5. The van der Waals surface area contributed by atoms with Crippen LogP contribution in [0.25, 0.3) is 17.1 Å². The van der Waals surface area contributed by atoms with Crippen LogP contribution in [0.4, 0.5) is 14.5 Å². The number of methoxy groups -OCH3 is 1. The van der Waals surface area contributed by atoms with E-state index < -0.39 is 24.0 Å². The number of alkyl halides is 2. The molecule has 12 heteroatoms. The Hall–Kier alpha value is -4.35. The number of aromatic amines is 1. The van der Waals surface area contributed by atoms with E-state index in [4.69, 9.17) is 4.42 Å². The minimum Gasteiger partial charge on any atom is -0.465 e. The Kier molecular flexibility index (Phi) is 5.50. The second-order valence-electron chi connectivity index (χ2n) is 6.61. The van der Waals surface area contributed by atoms with Gasteiger partial charge in [-0.25, -0.2) is 23.2 Å². The SMILES string of the molecule is COC(=O)c1ccc(-n2cc(NC(=O)c3coc(-c4cn[nH]c4C)n3)c(C(F)F)n2)cc1. The highest BCUT2D eigenvalue weighted by Crippen LogP contribution is 2.28. The third kappa shape index (κ3) is 3.97. The summed E-state index contributed by atoms with van der Waals surface area (Å²) in [7, 11) is 1.25. The summed E-state index contributed by atoms with van der Waals surface area (Å²) in [5.41, 5.74) is 1.05. The van der Waals surface area contributed by atoms with Gasteiger partial charge in [-0.1, -0.05) is 0 Å². The number of hydrogen-bond acceptors (Lipinski definition) is 7. The predicted octanol–water partition coefficient (Wildman–Crippen LogP) is 3.54. The van der Waals surface area contributed by atoms with Crippen LogP contribution in [-0.2, 0) is 4.74 Å². The Morgan fingerprint density at radius 3 is 2.62 bits per heavy atom. The topological polar surface area (TPSA) is 128 Å². The number of rotatable bonds is 6. The van der Waals surface area contributed by atoms with Gasteiger partial charge in [-0.05, 0) is 31.2 Å². The molecule has 3 aromatic heterocycles. The van der Waals surface area contributed by atoms with Crippen LogP contribution in [0.1, 0.15) is 38.7 Å². The molecule has 1 aromatic carbocycles. The van der Waals surface area contributed by atoms with Gasteiger partial charge in [0.25, 0.3) is 12.3 Å². The summed E-state index contributed by atoms with van der Waals surface area (Å²) in [5, 5.41) is 12.8. The molecule has 0 bridgehead atoms. The number of nitrogens with one attached hydrogen (secondary N) is 2. The van der Waals surface area contributed by atoms with Crippen molar-refractivity contribution in [3.05, 3.63) is 65.6 Å². The highest BCUT2D eigenvalue weighted by molar-refractivity contribution is 6.03. The summed E-state index contributed by atoms with van der Waals surface area (Å²) >= 11 is 0. The van der Waals surface area contributed by atoms with Crippen LogP contribution in [0, 0.1) is 6.92 Å². The zero-order chi connectivity index (χ0) is 22.8. The number of aromatic nitrogens is 5. The van der Waals surface area contributed by atoms with E-state index in [1.54, 1.807) is 6.92 Å². The molecule has 0 saturated heterocycles. The fourth-order valence-corrected chi connectivity index (χ4v) is 2.90. The number of aryl methyl sites for hydroxylation is 1. The summed E-state index contributed by atoms with van der Waals surface area (Å²) in [5.74, 6) is -1.11. The van der Waals surface area contributed by atoms with Gasteiger partial charge in [-0.15, -0.1) is 0 Å². The van der Waals surface area contributed by atoms with Crippen molar-refractivity contribution in [3.8, 4) is 17.1 Å². The first-order valence-electron chi connectivity index (χ1n) is 9.21. The maximum absolute atomic E-state index is 13.5. The number of halogens is 2. The van der Waals surface area contributed by atoms with Gasteiger partial charge in [0, 0.05) is 5.69 Å². The number of anilines is 1. The molecule has 0 radical (unpaired) electrons. The number of H-pyrrole nitrogens is 1. The lowest BCUT2D eigenvalue weighted by Crippen LogP contribution is -2.13. The van der Waals surface area contributed by atoms with E-state index in [9.17, 15) is 18.4 Å². The van der Waals surface area contributed by atoms with Crippen molar-refractivity contribution >= 4 is 17.6 Å². The largest absolute Gasteiger partial charge is 0.465 e. The first kappa shape index (κ1) is 20.9. The van der Waals surface area contributed by atoms with Crippen LogP contribution in [0.5, 0.6) is 0 Å². The van der Waals surface area contributed by atoms with Crippen LogP contribution in [0.2, 0.25) is 0 Å². The van der Waals surface area contributed by atoms with Gasteiger partial charge in [0.2, 0.25) is 5.89 Å². The number of hydrogen-bond donors (Lipinski definition) is 2. The van der Waals surface area contributed by atoms with E-state index >= 15 is 0 Å². The Morgan fingerprint density at radius 2 is 2.00 bits per heavy atom. The molecule has 10 nitrogen and oxygen atoms in total. The quantitative estimate of drug-likeness (QED) is 0.437. The van der Waals surface area contributed by atoms with Gasteiger partial charge < -0.3 is 14.5 Å². The van der Waals surface area contributed by atoms with Crippen LogP contribution >= 0.6 is 0 Å². The average molecular weight is 442 g/mol. The zero-order valence-corrected chi connectivity index (χ0v) is 16.8. The molecule has 0 saturated carbocycles. The number of amides is 1. The average Bonchev–Trinajstić information content (AvgIpc) is 3.52. The minimum absolute atomic E-state index is 0.101. The van der Waals surface area contributed by atoms with Gasteiger partial charge in [0.05, 0.1) is 42.0 Å². The summed E-state index contributed by atoms with van der Waals surface area (Å²) in [4.78, 5) is 28.2. The Labute approximate surface area is 179 Å². The number of benzene rings is 1. The van der Waals surface area contributed by atoms with Crippen molar-refractivity contribution in [2.24, 2.45) is 0 Å². The van der Waals surface area contributed by atoms with Crippen molar-refractivity contribution < 1.29 is 27.5 Å². The molecule has 1 amide bonds. The second kappa shape index (κ2) is 8.41. The van der Waals surface area contributed by atoms with Gasteiger partial charge in [0.15, 0.2) is 11.4 Å². The molecule has 0 atom stereocenters. The molecule has 0 aliphatic carbocycles. The van der Waals surface area contributed by atoms with E-state index in [0.29, 0.717) is 22.5 Å². The molecule has 0 spiro atoms. The van der Waals surface area contributed by atoms with Gasteiger partial charge in [0.1, 0.15) is 6.26 Å². The van der Waals surface area contributed by atoms with Crippen molar-refractivity contribution in [1.29, 1.82) is 0 Å². The Balaban J connectivity index is 1.58. The zero-order valence-electron chi connectivity index (χ0n) is 16.8. The monoisotopic (exact) mass is 442 g/mol. The predicted molar refractivity (Wildman–Crippen MR) is 107 cm³/mol. The number of carbonyl (C=O) groups is 2. The van der Waals surface area contributed by atoms with Crippen LogP contribution in [-0.4, -0.2) is 43.9 Å². The van der Waals surface area contributed by atoms with Crippen molar-refractivity contribution in [2.75, 3.05) is 12.4 Å². The third-order valence-electron chi connectivity index (χ3n) is 4.55. The molecule has 4 aromatic rings. The van der Waals surface area contributed by atoms with Crippen molar-refractivity contribution in [2.45, 2.75) is 13.3 Å². The van der Waals surface area contributed by atoms with Crippen molar-refractivity contribution in [1.82, 2.24) is 25.0 Å². The third-order valence-corrected chi connectivity index (χ3v) is 4.55. The first-order chi connectivity index (χ1) is 15.4. The standard InChI is InChI=1S/C20H16F2N6O4/c1-10-13(7-23-26-10)19-25-15(9-32-19)18(29)24-14-8-28(27-16(14)17(21)22)12-5-3-11(4-6-12)20(30)31-2/h3-9,17H,1-2H3,(H,23,26)(H,24,29).